The molecule has 0 aliphatic rings. The number of benzene rings is 2. The Balaban J connectivity index is 2.15. The first-order valence-corrected chi connectivity index (χ1v) is 13.3. The molecular formula is C25H34FN3O4S. The molecule has 0 heterocycles. The van der Waals surface area contributed by atoms with Gasteiger partial charge in [-0.2, -0.15) is 0 Å². The number of amides is 2. The van der Waals surface area contributed by atoms with Crippen molar-refractivity contribution in [3.63, 3.8) is 0 Å². The van der Waals surface area contributed by atoms with E-state index in [0.717, 1.165) is 22.5 Å². The van der Waals surface area contributed by atoms with E-state index in [-0.39, 0.29) is 49.5 Å². The van der Waals surface area contributed by atoms with Crippen molar-refractivity contribution in [2.45, 2.75) is 58.7 Å². The van der Waals surface area contributed by atoms with Crippen LogP contribution in [0, 0.1) is 5.82 Å². The topological polar surface area (TPSA) is 86.8 Å². The number of anilines is 1. The molecule has 0 aliphatic heterocycles. The molecule has 0 aliphatic carbocycles. The number of nitrogens with zero attached hydrogens (tertiary/aromatic N) is 2. The Kier molecular flexibility index (Phi) is 10.0. The Hall–Kier alpha value is -2.94. The van der Waals surface area contributed by atoms with Crippen LogP contribution in [0.5, 0.6) is 0 Å². The van der Waals surface area contributed by atoms with Crippen LogP contribution in [-0.2, 0) is 26.2 Å². The van der Waals surface area contributed by atoms with Gasteiger partial charge in [0.15, 0.2) is 0 Å². The van der Waals surface area contributed by atoms with Gasteiger partial charge in [-0.1, -0.05) is 49.4 Å². The van der Waals surface area contributed by atoms with Crippen LogP contribution in [0.4, 0.5) is 10.1 Å². The highest BCUT2D eigenvalue weighted by molar-refractivity contribution is 7.92. The van der Waals surface area contributed by atoms with E-state index in [1.54, 1.807) is 13.0 Å². The molecule has 0 radical (unpaired) electrons. The summed E-state index contributed by atoms with van der Waals surface area (Å²) in [5.74, 6) is -1.18. The van der Waals surface area contributed by atoms with Crippen LogP contribution >= 0.6 is 0 Å². The molecule has 2 amide bonds. The third-order valence-corrected chi connectivity index (χ3v) is 6.82. The quantitative estimate of drug-likeness (QED) is 0.491. The molecule has 1 N–H and O–H groups in total. The fraction of sp³-hybridized carbons (Fsp3) is 0.440. The zero-order valence-electron chi connectivity index (χ0n) is 20.2. The average Bonchev–Trinajstić information content (AvgIpc) is 2.80. The van der Waals surface area contributed by atoms with Gasteiger partial charge in [-0.15, -0.1) is 0 Å². The minimum Gasteiger partial charge on any atom is -0.352 e. The maximum atomic E-state index is 14.2. The van der Waals surface area contributed by atoms with Gasteiger partial charge in [-0.25, -0.2) is 12.8 Å². The van der Waals surface area contributed by atoms with E-state index in [9.17, 15) is 22.4 Å². The minimum absolute atomic E-state index is 0.00819. The molecule has 2 atom stereocenters. The number of nitrogens with one attached hydrogen (secondary N) is 1. The minimum atomic E-state index is -3.75. The van der Waals surface area contributed by atoms with E-state index in [1.807, 2.05) is 44.2 Å². The zero-order valence-corrected chi connectivity index (χ0v) is 21.0. The highest BCUT2D eigenvalue weighted by atomic mass is 32.2. The van der Waals surface area contributed by atoms with Crippen LogP contribution < -0.4 is 9.62 Å². The van der Waals surface area contributed by atoms with E-state index in [4.69, 9.17) is 0 Å². The Morgan fingerprint density at radius 2 is 1.65 bits per heavy atom. The van der Waals surface area contributed by atoms with Gasteiger partial charge < -0.3 is 10.2 Å². The van der Waals surface area contributed by atoms with Crippen molar-refractivity contribution in [2.24, 2.45) is 0 Å². The highest BCUT2D eigenvalue weighted by Gasteiger charge is 2.27. The van der Waals surface area contributed by atoms with Crippen LogP contribution in [0.3, 0.4) is 0 Å². The lowest BCUT2D eigenvalue weighted by atomic mass is 10.1. The number of hydrogen-bond acceptors (Lipinski definition) is 4. The van der Waals surface area contributed by atoms with Crippen LogP contribution in [-0.4, -0.2) is 50.0 Å². The van der Waals surface area contributed by atoms with Crippen molar-refractivity contribution in [3.8, 4) is 0 Å². The predicted molar refractivity (Wildman–Crippen MR) is 132 cm³/mol. The maximum absolute atomic E-state index is 14.2. The molecule has 186 valence electrons. The molecule has 0 unspecified atom stereocenters. The summed E-state index contributed by atoms with van der Waals surface area (Å²) in [6, 6.07) is 14.2. The zero-order chi connectivity index (χ0) is 25.3. The normalized spacial score (nSPS) is 13.1. The predicted octanol–water partition coefficient (Wildman–Crippen LogP) is 3.70. The lowest BCUT2D eigenvalue weighted by Gasteiger charge is -2.30. The van der Waals surface area contributed by atoms with Crippen molar-refractivity contribution in [1.29, 1.82) is 0 Å². The second-order valence-electron chi connectivity index (χ2n) is 8.39. The molecule has 0 spiro atoms. The van der Waals surface area contributed by atoms with E-state index in [2.05, 4.69) is 5.32 Å². The third kappa shape index (κ3) is 7.83. The summed E-state index contributed by atoms with van der Waals surface area (Å²) in [6.45, 7) is 5.73. The number of sulfonamides is 1. The fourth-order valence-corrected chi connectivity index (χ4v) is 4.43. The SMILES string of the molecule is CC[C@@H](C)NC(=O)[C@@H](C)N(Cc1ccccc1)C(=O)CCCN(c1ccccc1F)S(C)(=O)=O. The third-order valence-electron chi connectivity index (χ3n) is 5.64. The van der Waals surface area contributed by atoms with Crippen LogP contribution in [0.2, 0.25) is 0 Å². The second kappa shape index (κ2) is 12.5. The van der Waals surface area contributed by atoms with Gasteiger partial charge in [-0.05, 0) is 44.4 Å². The molecule has 2 aromatic rings. The summed E-state index contributed by atoms with van der Waals surface area (Å²) >= 11 is 0. The van der Waals surface area contributed by atoms with Crippen molar-refractivity contribution in [3.05, 3.63) is 66.0 Å². The van der Waals surface area contributed by atoms with Crippen LogP contribution in [0.1, 0.15) is 45.6 Å². The number of carbonyl (C=O) groups is 2. The number of hydrogen-bond donors (Lipinski definition) is 1. The van der Waals surface area contributed by atoms with Crippen molar-refractivity contribution in [1.82, 2.24) is 10.2 Å². The molecule has 2 rings (SSSR count). The molecule has 2 aromatic carbocycles. The van der Waals surface area contributed by atoms with E-state index < -0.39 is 21.9 Å². The molecule has 0 fully saturated rings. The Labute approximate surface area is 202 Å². The first kappa shape index (κ1) is 27.3. The lowest BCUT2D eigenvalue weighted by Crippen LogP contribution is -2.49. The fourth-order valence-electron chi connectivity index (χ4n) is 3.46. The number of carbonyl (C=O) groups excluding carboxylic acids is 2. The van der Waals surface area contributed by atoms with Gasteiger partial charge in [0.25, 0.3) is 0 Å². The smallest absolute Gasteiger partial charge is 0.242 e. The Morgan fingerprint density at radius 1 is 1.03 bits per heavy atom. The summed E-state index contributed by atoms with van der Waals surface area (Å²) in [5, 5.41) is 2.91. The van der Waals surface area contributed by atoms with E-state index >= 15 is 0 Å². The lowest BCUT2D eigenvalue weighted by molar-refractivity contribution is -0.140. The molecule has 0 aromatic heterocycles. The molecule has 0 saturated heterocycles. The molecule has 0 saturated carbocycles. The molecular weight excluding hydrogens is 457 g/mol. The van der Waals surface area contributed by atoms with Gasteiger partial charge in [0, 0.05) is 25.6 Å². The Bertz CT molecular complexity index is 1060. The first-order chi connectivity index (χ1) is 16.0. The number of halogens is 1. The van der Waals surface area contributed by atoms with Gasteiger partial charge in [0.05, 0.1) is 11.9 Å². The summed E-state index contributed by atoms with van der Waals surface area (Å²) in [7, 11) is -3.75. The van der Waals surface area contributed by atoms with Crippen LogP contribution in [0.15, 0.2) is 54.6 Å². The number of rotatable bonds is 12. The van der Waals surface area contributed by atoms with Gasteiger partial charge in [0.1, 0.15) is 11.9 Å². The molecule has 9 heteroatoms. The van der Waals surface area contributed by atoms with E-state index in [0.29, 0.717) is 0 Å². The largest absolute Gasteiger partial charge is 0.352 e. The van der Waals surface area contributed by atoms with Crippen molar-refractivity contribution in [2.75, 3.05) is 17.1 Å². The first-order valence-electron chi connectivity index (χ1n) is 11.4. The van der Waals surface area contributed by atoms with Gasteiger partial charge in [0.2, 0.25) is 21.8 Å². The second-order valence-corrected chi connectivity index (χ2v) is 10.3. The maximum Gasteiger partial charge on any atom is 0.242 e. The Morgan fingerprint density at radius 3 is 2.24 bits per heavy atom. The van der Waals surface area contributed by atoms with Crippen molar-refractivity contribution < 1.29 is 22.4 Å². The monoisotopic (exact) mass is 491 g/mol. The average molecular weight is 492 g/mol. The van der Waals surface area contributed by atoms with Crippen molar-refractivity contribution >= 4 is 27.5 Å². The molecule has 0 bridgehead atoms. The van der Waals surface area contributed by atoms with E-state index in [1.165, 1.54) is 23.1 Å². The van der Waals surface area contributed by atoms with Crippen LogP contribution in [0.25, 0.3) is 0 Å². The summed E-state index contributed by atoms with van der Waals surface area (Å²) < 4.78 is 39.7. The standard InChI is InChI=1S/C25H34FN3O4S/c1-5-19(2)27-25(31)20(3)28(18-21-12-7-6-8-13-21)24(30)16-11-17-29(34(4,32)33)23-15-10-9-14-22(23)26/h6-10,12-15,19-20H,5,11,16-18H2,1-4H3,(H,27,31)/t19-,20-/m1/s1. The molecule has 34 heavy (non-hydrogen) atoms. The van der Waals surface area contributed by atoms with Gasteiger partial charge in [-0.3, -0.25) is 13.9 Å². The summed E-state index contributed by atoms with van der Waals surface area (Å²) in [4.78, 5) is 27.4. The summed E-state index contributed by atoms with van der Waals surface area (Å²) in [5.41, 5.74) is 0.822. The van der Waals surface area contributed by atoms with Gasteiger partial charge >= 0.3 is 0 Å². The number of para-hydroxylation sites is 1. The summed E-state index contributed by atoms with van der Waals surface area (Å²) in [6.07, 6.45) is 1.95. The molecule has 7 nitrogen and oxygen atoms in total. The highest BCUT2D eigenvalue weighted by Crippen LogP contribution is 2.22.